The highest BCUT2D eigenvalue weighted by Gasteiger charge is 2.34. The molecule has 0 saturated heterocycles. The third kappa shape index (κ3) is 2.74. The second-order valence-electron chi connectivity index (χ2n) is 5.38. The molecule has 1 atom stereocenters. The first-order valence-corrected chi connectivity index (χ1v) is 7.24. The van der Waals surface area contributed by atoms with Crippen LogP contribution in [-0.2, 0) is 27.4 Å². The van der Waals surface area contributed by atoms with Crippen LogP contribution in [0, 0.1) is 0 Å². The fourth-order valence-corrected chi connectivity index (χ4v) is 2.83. The third-order valence-corrected chi connectivity index (χ3v) is 3.96. The lowest BCUT2D eigenvalue weighted by Gasteiger charge is -2.34. The predicted octanol–water partition coefficient (Wildman–Crippen LogP) is 2.13. The van der Waals surface area contributed by atoms with Gasteiger partial charge in [0.1, 0.15) is 6.04 Å². The van der Waals surface area contributed by atoms with Crippen molar-refractivity contribution in [2.45, 2.75) is 25.6 Å². The van der Waals surface area contributed by atoms with E-state index < -0.39 is 6.04 Å². The maximum Gasteiger partial charge on any atom is 0.308 e. The fraction of sp³-hybridized carbons (Fsp3) is 0.294. The number of ether oxygens (including phenoxy) is 1. The van der Waals surface area contributed by atoms with E-state index in [1.54, 1.807) is 4.90 Å². The molecule has 22 heavy (non-hydrogen) atoms. The molecule has 2 aromatic rings. The first-order valence-electron chi connectivity index (χ1n) is 7.24. The molecule has 0 saturated carbocycles. The number of rotatable bonds is 4. The molecule has 0 aliphatic carbocycles. The Bertz CT molecular complexity index is 678. The Hall–Kier alpha value is -2.56. The lowest BCUT2D eigenvalue weighted by atomic mass is 10.1. The smallest absolute Gasteiger partial charge is 0.308 e. The molecule has 0 radical (unpaired) electrons. The average Bonchev–Trinajstić information content (AvgIpc) is 3.00. The summed E-state index contributed by atoms with van der Waals surface area (Å²) in [5.74, 6) is -0.419. The zero-order chi connectivity index (χ0) is 15.5. The van der Waals surface area contributed by atoms with Crippen LogP contribution in [0.3, 0.4) is 0 Å². The Balaban J connectivity index is 1.85. The van der Waals surface area contributed by atoms with Crippen molar-refractivity contribution >= 4 is 11.9 Å². The Morgan fingerprint density at radius 3 is 2.73 bits per heavy atom. The van der Waals surface area contributed by atoms with E-state index in [0.29, 0.717) is 13.1 Å². The van der Waals surface area contributed by atoms with Crippen molar-refractivity contribution in [3.63, 3.8) is 0 Å². The maximum atomic E-state index is 12.7. The zero-order valence-electron chi connectivity index (χ0n) is 12.4. The van der Waals surface area contributed by atoms with Crippen LogP contribution in [0.25, 0.3) is 0 Å². The van der Waals surface area contributed by atoms with Gasteiger partial charge >= 0.3 is 5.97 Å². The van der Waals surface area contributed by atoms with Crippen molar-refractivity contribution in [3.05, 3.63) is 59.9 Å². The van der Waals surface area contributed by atoms with Crippen molar-refractivity contribution in [1.29, 1.82) is 0 Å². The largest absolute Gasteiger partial charge is 0.469 e. The number of hydrogen-bond acceptors (Lipinski definition) is 3. The molecule has 114 valence electrons. The first-order chi connectivity index (χ1) is 10.7. The van der Waals surface area contributed by atoms with E-state index in [-0.39, 0.29) is 18.3 Å². The summed E-state index contributed by atoms with van der Waals surface area (Å²) in [7, 11) is 1.34. The van der Waals surface area contributed by atoms with E-state index in [4.69, 9.17) is 4.74 Å². The average molecular weight is 298 g/mol. The van der Waals surface area contributed by atoms with E-state index in [2.05, 4.69) is 0 Å². The topological polar surface area (TPSA) is 51.5 Å². The van der Waals surface area contributed by atoms with Crippen LogP contribution in [0.5, 0.6) is 0 Å². The summed E-state index contributed by atoms with van der Waals surface area (Å²) in [6.07, 6.45) is 1.91. The monoisotopic (exact) mass is 298 g/mol. The number of carbonyl (C=O) groups excluding carboxylic acids is 2. The molecule has 0 bridgehead atoms. The number of amides is 1. The Morgan fingerprint density at radius 2 is 2.00 bits per heavy atom. The fourth-order valence-electron chi connectivity index (χ4n) is 2.83. The number of nitrogens with zero attached hydrogens (tertiary/aromatic N) is 2. The molecule has 2 heterocycles. The third-order valence-electron chi connectivity index (χ3n) is 3.96. The van der Waals surface area contributed by atoms with Gasteiger partial charge in [0.05, 0.1) is 20.1 Å². The number of benzene rings is 1. The second-order valence-corrected chi connectivity index (χ2v) is 5.38. The van der Waals surface area contributed by atoms with Gasteiger partial charge in [-0.3, -0.25) is 9.59 Å². The quantitative estimate of drug-likeness (QED) is 0.813. The summed E-state index contributed by atoms with van der Waals surface area (Å²) in [4.78, 5) is 26.1. The molecule has 1 amide bonds. The van der Waals surface area contributed by atoms with E-state index in [1.807, 2.05) is 53.2 Å². The number of hydrogen-bond donors (Lipinski definition) is 0. The van der Waals surface area contributed by atoms with Crippen molar-refractivity contribution in [2.75, 3.05) is 7.11 Å². The van der Waals surface area contributed by atoms with E-state index in [1.165, 1.54) is 7.11 Å². The summed E-state index contributed by atoms with van der Waals surface area (Å²) < 4.78 is 6.60. The van der Waals surface area contributed by atoms with Gasteiger partial charge in [0.25, 0.3) is 0 Å². The lowest BCUT2D eigenvalue weighted by Crippen LogP contribution is -2.42. The van der Waals surface area contributed by atoms with E-state index in [9.17, 15) is 9.59 Å². The molecule has 1 aromatic carbocycles. The highest BCUT2D eigenvalue weighted by atomic mass is 16.5. The van der Waals surface area contributed by atoms with Crippen LogP contribution >= 0.6 is 0 Å². The van der Waals surface area contributed by atoms with Gasteiger partial charge in [-0.15, -0.1) is 0 Å². The molecule has 1 aliphatic rings. The minimum absolute atomic E-state index is 0.0436. The molecule has 5 nitrogen and oxygen atoms in total. The van der Waals surface area contributed by atoms with Crippen LogP contribution in [0.2, 0.25) is 0 Å². The Labute approximate surface area is 129 Å². The summed E-state index contributed by atoms with van der Waals surface area (Å²) in [6, 6.07) is 13.2. The summed E-state index contributed by atoms with van der Waals surface area (Å²) in [6.45, 7) is 1.10. The molecule has 0 N–H and O–H groups in total. The van der Waals surface area contributed by atoms with Crippen molar-refractivity contribution in [1.82, 2.24) is 9.47 Å². The highest BCUT2D eigenvalue weighted by molar-refractivity contribution is 5.86. The minimum Gasteiger partial charge on any atom is -0.469 e. The molecule has 5 heteroatoms. The molecular formula is C17H18N2O3. The van der Waals surface area contributed by atoms with Crippen LogP contribution in [0.15, 0.2) is 48.7 Å². The normalized spacial score (nSPS) is 17.2. The molecule has 0 spiro atoms. The van der Waals surface area contributed by atoms with Crippen LogP contribution < -0.4 is 0 Å². The summed E-state index contributed by atoms with van der Waals surface area (Å²) in [5, 5.41) is 0. The first kappa shape index (κ1) is 14.4. The van der Waals surface area contributed by atoms with Crippen LogP contribution in [0.1, 0.15) is 23.7 Å². The Morgan fingerprint density at radius 1 is 1.23 bits per heavy atom. The highest BCUT2D eigenvalue weighted by Crippen LogP contribution is 2.27. The van der Waals surface area contributed by atoms with Crippen LogP contribution in [-0.4, -0.2) is 28.5 Å². The zero-order valence-corrected chi connectivity index (χ0v) is 12.4. The number of aromatic nitrogens is 1. The van der Waals surface area contributed by atoms with Crippen LogP contribution in [0.4, 0.5) is 0 Å². The van der Waals surface area contributed by atoms with Gasteiger partial charge < -0.3 is 14.2 Å². The standard InChI is InChI=1S/C17H18N2O3/c1-22-16(20)10-15-17(21)18(11-13-6-3-2-4-7-13)12-14-8-5-9-19(14)15/h2-9,15H,10-12H2,1H3/t15-/m0/s1. The minimum atomic E-state index is -0.519. The van der Waals surface area contributed by atoms with Gasteiger partial charge in [0, 0.05) is 18.4 Å². The predicted molar refractivity (Wildman–Crippen MR) is 80.8 cm³/mol. The van der Waals surface area contributed by atoms with Gasteiger partial charge in [-0.1, -0.05) is 30.3 Å². The van der Waals surface area contributed by atoms with E-state index in [0.717, 1.165) is 11.3 Å². The van der Waals surface area contributed by atoms with Crippen molar-refractivity contribution in [2.24, 2.45) is 0 Å². The van der Waals surface area contributed by atoms with Crippen molar-refractivity contribution in [3.8, 4) is 0 Å². The summed E-state index contributed by atoms with van der Waals surface area (Å²) in [5.41, 5.74) is 2.11. The summed E-state index contributed by atoms with van der Waals surface area (Å²) >= 11 is 0. The Kier molecular flexibility index (Phi) is 3.96. The maximum absolute atomic E-state index is 12.7. The molecular weight excluding hydrogens is 280 g/mol. The number of esters is 1. The molecule has 3 rings (SSSR count). The number of carbonyl (C=O) groups is 2. The van der Waals surface area contributed by atoms with Crippen molar-refractivity contribution < 1.29 is 14.3 Å². The van der Waals surface area contributed by atoms with Gasteiger partial charge in [-0.25, -0.2) is 0 Å². The SMILES string of the molecule is COC(=O)C[C@H]1C(=O)N(Cc2ccccc2)Cc2cccn21. The molecule has 0 fully saturated rings. The lowest BCUT2D eigenvalue weighted by molar-refractivity contribution is -0.147. The molecule has 1 aliphatic heterocycles. The van der Waals surface area contributed by atoms with Gasteiger partial charge in [0.15, 0.2) is 0 Å². The van der Waals surface area contributed by atoms with Gasteiger partial charge in [-0.2, -0.15) is 0 Å². The molecule has 0 unspecified atom stereocenters. The number of fused-ring (bicyclic) bond motifs is 1. The molecule has 1 aromatic heterocycles. The van der Waals surface area contributed by atoms with Gasteiger partial charge in [0.2, 0.25) is 5.91 Å². The number of methoxy groups -OCH3 is 1. The second kappa shape index (κ2) is 6.05. The van der Waals surface area contributed by atoms with Gasteiger partial charge in [-0.05, 0) is 17.7 Å². The van der Waals surface area contributed by atoms with E-state index >= 15 is 0 Å².